The van der Waals surface area contributed by atoms with E-state index in [1.807, 2.05) is 32.0 Å². The summed E-state index contributed by atoms with van der Waals surface area (Å²) in [5, 5.41) is 10.7. The zero-order valence-corrected chi connectivity index (χ0v) is 11.6. The van der Waals surface area contributed by atoms with Crippen molar-refractivity contribution in [3.05, 3.63) is 42.0 Å². The second-order valence-electron chi connectivity index (χ2n) is 4.55. The van der Waals surface area contributed by atoms with E-state index in [1.54, 1.807) is 18.2 Å². The molecule has 2 rings (SSSR count). The number of hydrogen-bond donors (Lipinski definition) is 1. The molecule has 20 heavy (non-hydrogen) atoms. The van der Waals surface area contributed by atoms with Crippen molar-refractivity contribution in [1.82, 2.24) is 0 Å². The van der Waals surface area contributed by atoms with Crippen LogP contribution in [0.2, 0.25) is 0 Å². The van der Waals surface area contributed by atoms with Crippen LogP contribution in [0.5, 0.6) is 5.75 Å². The van der Waals surface area contributed by atoms with Gasteiger partial charge in [0.25, 0.3) is 0 Å². The molecule has 2 aromatic rings. The summed E-state index contributed by atoms with van der Waals surface area (Å²) in [6, 6.07) is 10.6. The SMILES string of the molecule is CCOCC(C)Oc1ccc(C(=O)O)c2ccccc12. The van der Waals surface area contributed by atoms with E-state index in [4.69, 9.17) is 9.47 Å². The molecule has 0 radical (unpaired) electrons. The van der Waals surface area contributed by atoms with Crippen LogP contribution in [-0.4, -0.2) is 30.4 Å². The minimum absolute atomic E-state index is 0.0889. The number of carboxylic acid groups (broad SMARTS) is 1. The van der Waals surface area contributed by atoms with Gasteiger partial charge in [-0.1, -0.05) is 24.3 Å². The first-order valence-corrected chi connectivity index (χ1v) is 6.63. The minimum atomic E-state index is -0.935. The fourth-order valence-corrected chi connectivity index (χ4v) is 2.10. The van der Waals surface area contributed by atoms with Crippen LogP contribution >= 0.6 is 0 Å². The van der Waals surface area contributed by atoms with Crippen molar-refractivity contribution >= 4 is 16.7 Å². The van der Waals surface area contributed by atoms with Gasteiger partial charge in [-0.15, -0.1) is 0 Å². The normalized spacial score (nSPS) is 12.3. The highest BCUT2D eigenvalue weighted by Crippen LogP contribution is 2.29. The molecule has 4 heteroatoms. The lowest BCUT2D eigenvalue weighted by atomic mass is 10.0. The van der Waals surface area contributed by atoms with Crippen LogP contribution in [0.3, 0.4) is 0 Å². The number of aromatic carboxylic acids is 1. The van der Waals surface area contributed by atoms with Gasteiger partial charge >= 0.3 is 5.97 Å². The predicted molar refractivity (Wildman–Crippen MR) is 77.5 cm³/mol. The number of benzene rings is 2. The van der Waals surface area contributed by atoms with Gasteiger partial charge < -0.3 is 14.6 Å². The maximum Gasteiger partial charge on any atom is 0.336 e. The molecular formula is C16H18O4. The minimum Gasteiger partial charge on any atom is -0.488 e. The van der Waals surface area contributed by atoms with Crippen molar-refractivity contribution in [1.29, 1.82) is 0 Å². The summed E-state index contributed by atoms with van der Waals surface area (Å²) in [7, 11) is 0. The summed E-state index contributed by atoms with van der Waals surface area (Å²) in [6.07, 6.45) is -0.0889. The lowest BCUT2D eigenvalue weighted by molar-refractivity contribution is 0.0663. The molecule has 0 amide bonds. The van der Waals surface area contributed by atoms with E-state index in [0.29, 0.717) is 24.3 Å². The number of fused-ring (bicyclic) bond motifs is 1. The Morgan fingerprint density at radius 2 is 1.90 bits per heavy atom. The second kappa shape index (κ2) is 6.39. The highest BCUT2D eigenvalue weighted by atomic mass is 16.5. The van der Waals surface area contributed by atoms with Gasteiger partial charge in [0.15, 0.2) is 0 Å². The van der Waals surface area contributed by atoms with E-state index in [-0.39, 0.29) is 11.7 Å². The molecule has 4 nitrogen and oxygen atoms in total. The maximum atomic E-state index is 11.2. The zero-order chi connectivity index (χ0) is 14.5. The van der Waals surface area contributed by atoms with Crippen LogP contribution in [0.1, 0.15) is 24.2 Å². The van der Waals surface area contributed by atoms with Gasteiger partial charge in [-0.25, -0.2) is 4.79 Å². The molecule has 0 fully saturated rings. The number of carboxylic acids is 1. The third kappa shape index (κ3) is 3.08. The van der Waals surface area contributed by atoms with Crippen molar-refractivity contribution in [3.63, 3.8) is 0 Å². The summed E-state index contributed by atoms with van der Waals surface area (Å²) in [5.41, 5.74) is 0.283. The standard InChI is InChI=1S/C16H18O4/c1-3-19-10-11(2)20-15-9-8-14(16(17)18)12-6-4-5-7-13(12)15/h4-9,11H,3,10H2,1-2H3,(H,17,18). The molecule has 0 aliphatic rings. The fraction of sp³-hybridized carbons (Fsp3) is 0.312. The topological polar surface area (TPSA) is 55.8 Å². The first kappa shape index (κ1) is 14.3. The average Bonchev–Trinajstić information content (AvgIpc) is 2.45. The molecule has 0 bridgehead atoms. The largest absolute Gasteiger partial charge is 0.488 e. The van der Waals surface area contributed by atoms with Crippen LogP contribution in [0.25, 0.3) is 10.8 Å². The van der Waals surface area contributed by atoms with E-state index in [9.17, 15) is 9.90 Å². The monoisotopic (exact) mass is 274 g/mol. The van der Waals surface area contributed by atoms with Crippen LogP contribution in [0, 0.1) is 0 Å². The van der Waals surface area contributed by atoms with Crippen molar-refractivity contribution in [2.45, 2.75) is 20.0 Å². The first-order chi connectivity index (χ1) is 9.63. The summed E-state index contributed by atoms with van der Waals surface area (Å²) < 4.78 is 11.2. The molecule has 0 spiro atoms. The molecule has 1 atom stereocenters. The van der Waals surface area contributed by atoms with Gasteiger partial charge in [-0.2, -0.15) is 0 Å². The van der Waals surface area contributed by atoms with Gasteiger partial charge in [-0.3, -0.25) is 0 Å². The summed E-state index contributed by atoms with van der Waals surface area (Å²) in [6.45, 7) is 5.01. The quantitative estimate of drug-likeness (QED) is 0.877. The Morgan fingerprint density at radius 1 is 1.20 bits per heavy atom. The summed E-state index contributed by atoms with van der Waals surface area (Å²) >= 11 is 0. The molecule has 0 aliphatic carbocycles. The van der Waals surface area contributed by atoms with E-state index in [1.165, 1.54) is 0 Å². The molecule has 0 saturated carbocycles. The van der Waals surface area contributed by atoms with E-state index in [0.717, 1.165) is 5.39 Å². The Kier molecular flexibility index (Phi) is 4.58. The van der Waals surface area contributed by atoms with Gasteiger partial charge in [0.05, 0.1) is 12.2 Å². The van der Waals surface area contributed by atoms with Crippen LogP contribution in [0.4, 0.5) is 0 Å². The smallest absolute Gasteiger partial charge is 0.336 e. The second-order valence-corrected chi connectivity index (χ2v) is 4.55. The highest BCUT2D eigenvalue weighted by molar-refractivity contribution is 6.05. The molecule has 106 valence electrons. The molecular weight excluding hydrogens is 256 g/mol. The molecule has 0 saturated heterocycles. The summed E-state index contributed by atoms with van der Waals surface area (Å²) in [5.74, 6) is -0.257. The zero-order valence-electron chi connectivity index (χ0n) is 11.6. The molecule has 1 unspecified atom stereocenters. The molecule has 0 aliphatic heterocycles. The Balaban J connectivity index is 2.35. The first-order valence-electron chi connectivity index (χ1n) is 6.63. The lowest BCUT2D eigenvalue weighted by Gasteiger charge is -2.16. The van der Waals surface area contributed by atoms with Crippen molar-refractivity contribution in [3.8, 4) is 5.75 Å². The number of rotatable bonds is 6. The highest BCUT2D eigenvalue weighted by Gasteiger charge is 2.13. The van der Waals surface area contributed by atoms with Crippen LogP contribution in [0.15, 0.2) is 36.4 Å². The third-order valence-electron chi connectivity index (χ3n) is 3.00. The van der Waals surface area contributed by atoms with E-state index in [2.05, 4.69) is 0 Å². The Hall–Kier alpha value is -2.07. The number of hydrogen-bond acceptors (Lipinski definition) is 3. The predicted octanol–water partition coefficient (Wildman–Crippen LogP) is 3.34. The fourth-order valence-electron chi connectivity index (χ4n) is 2.10. The van der Waals surface area contributed by atoms with Crippen LogP contribution in [-0.2, 0) is 4.74 Å². The van der Waals surface area contributed by atoms with Crippen molar-refractivity contribution in [2.24, 2.45) is 0 Å². The summed E-state index contributed by atoms with van der Waals surface area (Å²) in [4.78, 5) is 11.2. The third-order valence-corrected chi connectivity index (χ3v) is 3.00. The van der Waals surface area contributed by atoms with Gasteiger partial charge in [0, 0.05) is 12.0 Å². The molecule has 2 aromatic carbocycles. The Labute approximate surface area is 117 Å². The molecule has 0 aromatic heterocycles. The van der Waals surface area contributed by atoms with Gasteiger partial charge in [0.2, 0.25) is 0 Å². The lowest BCUT2D eigenvalue weighted by Crippen LogP contribution is -2.19. The van der Waals surface area contributed by atoms with Gasteiger partial charge in [-0.05, 0) is 31.4 Å². The van der Waals surface area contributed by atoms with Gasteiger partial charge in [0.1, 0.15) is 11.9 Å². The number of carbonyl (C=O) groups is 1. The Morgan fingerprint density at radius 3 is 2.55 bits per heavy atom. The van der Waals surface area contributed by atoms with Crippen molar-refractivity contribution < 1.29 is 19.4 Å². The molecule has 0 heterocycles. The maximum absolute atomic E-state index is 11.2. The average molecular weight is 274 g/mol. The Bertz CT molecular complexity index is 606. The van der Waals surface area contributed by atoms with E-state index >= 15 is 0 Å². The van der Waals surface area contributed by atoms with Crippen molar-refractivity contribution in [2.75, 3.05) is 13.2 Å². The van der Waals surface area contributed by atoms with E-state index < -0.39 is 5.97 Å². The molecule has 1 N–H and O–H groups in total. The van der Waals surface area contributed by atoms with Crippen LogP contribution < -0.4 is 4.74 Å². The number of ether oxygens (including phenoxy) is 2.